The molecule has 3 aromatic heterocycles. The highest BCUT2D eigenvalue weighted by atomic mass is 15.3. The minimum atomic E-state index is 0.0287. The van der Waals surface area contributed by atoms with Crippen molar-refractivity contribution in [3.8, 4) is 0 Å². The summed E-state index contributed by atoms with van der Waals surface area (Å²) in [5.74, 6) is 3.14. The average Bonchev–Trinajstić information content (AvgIpc) is 2.59. The first kappa shape index (κ1) is 17.6. The maximum Gasteiger partial charge on any atom is 0.151 e. The zero-order valence-corrected chi connectivity index (χ0v) is 16.3. The van der Waals surface area contributed by atoms with E-state index in [2.05, 4.69) is 68.3 Å². The standard InChI is InChI=1S/C20H25N7/c1-13-23-16-10-21-8-7-15(16)19(24-13)22-9-14-11-27(12-14)18-6-5-17(25-26-18)20(2,3)4/h5-8,10,14H,9,11-12H2,1-4H3,(H,22,23,24). The Bertz CT molecular complexity index is 941. The number of hydrogen-bond donors (Lipinski definition) is 1. The van der Waals surface area contributed by atoms with Crippen LogP contribution in [0.1, 0.15) is 32.3 Å². The molecule has 0 amide bonds. The van der Waals surface area contributed by atoms with Gasteiger partial charge in [-0.05, 0) is 25.1 Å². The van der Waals surface area contributed by atoms with Crippen molar-refractivity contribution >= 4 is 22.5 Å². The van der Waals surface area contributed by atoms with Gasteiger partial charge in [-0.25, -0.2) is 9.97 Å². The van der Waals surface area contributed by atoms with Crippen molar-refractivity contribution in [2.24, 2.45) is 5.92 Å². The van der Waals surface area contributed by atoms with Gasteiger partial charge in [0.05, 0.1) is 17.4 Å². The molecule has 3 aromatic rings. The van der Waals surface area contributed by atoms with Crippen molar-refractivity contribution in [1.82, 2.24) is 25.1 Å². The fourth-order valence-corrected chi connectivity index (χ4v) is 3.25. The molecule has 0 radical (unpaired) electrons. The number of anilines is 2. The number of rotatable bonds is 4. The SMILES string of the molecule is Cc1nc(NCC2CN(c3ccc(C(C)(C)C)nn3)C2)c2ccncc2n1. The van der Waals surface area contributed by atoms with Gasteiger partial charge in [-0.3, -0.25) is 4.98 Å². The number of aromatic nitrogens is 5. The van der Waals surface area contributed by atoms with E-state index in [1.54, 1.807) is 12.4 Å². The summed E-state index contributed by atoms with van der Waals surface area (Å²) < 4.78 is 0. The van der Waals surface area contributed by atoms with E-state index in [0.29, 0.717) is 5.92 Å². The van der Waals surface area contributed by atoms with Gasteiger partial charge in [-0.15, -0.1) is 5.10 Å². The maximum absolute atomic E-state index is 4.56. The minimum Gasteiger partial charge on any atom is -0.369 e. The summed E-state index contributed by atoms with van der Waals surface area (Å²) in [6, 6.07) is 6.11. The largest absolute Gasteiger partial charge is 0.369 e. The van der Waals surface area contributed by atoms with Crippen LogP contribution in [0.5, 0.6) is 0 Å². The molecule has 4 rings (SSSR count). The van der Waals surface area contributed by atoms with Crippen LogP contribution in [0.15, 0.2) is 30.6 Å². The Labute approximate surface area is 159 Å². The second-order valence-corrected chi connectivity index (χ2v) is 8.19. The smallest absolute Gasteiger partial charge is 0.151 e. The van der Waals surface area contributed by atoms with Gasteiger partial charge in [0.25, 0.3) is 0 Å². The van der Waals surface area contributed by atoms with E-state index in [4.69, 9.17) is 0 Å². The predicted octanol–water partition coefficient (Wildman–Crippen LogP) is 2.97. The Morgan fingerprint density at radius 1 is 1.11 bits per heavy atom. The third-order valence-corrected chi connectivity index (χ3v) is 4.87. The molecule has 1 aliphatic heterocycles. The van der Waals surface area contributed by atoms with Gasteiger partial charge in [0, 0.05) is 42.6 Å². The number of pyridine rings is 1. The summed E-state index contributed by atoms with van der Waals surface area (Å²) in [5, 5.41) is 13.3. The van der Waals surface area contributed by atoms with Gasteiger partial charge in [0.15, 0.2) is 5.82 Å². The van der Waals surface area contributed by atoms with Crippen molar-refractivity contribution in [3.05, 3.63) is 42.1 Å². The molecule has 0 spiro atoms. The van der Waals surface area contributed by atoms with Crippen LogP contribution >= 0.6 is 0 Å². The van der Waals surface area contributed by atoms with E-state index in [-0.39, 0.29) is 5.41 Å². The lowest BCUT2D eigenvalue weighted by Crippen LogP contribution is -2.50. The fraction of sp³-hybridized carbons (Fsp3) is 0.450. The number of fused-ring (bicyclic) bond motifs is 1. The average molecular weight is 363 g/mol. The van der Waals surface area contributed by atoms with Gasteiger partial charge in [-0.2, -0.15) is 5.10 Å². The van der Waals surface area contributed by atoms with E-state index < -0.39 is 0 Å². The van der Waals surface area contributed by atoms with Gasteiger partial charge in [0.2, 0.25) is 0 Å². The molecule has 7 heteroatoms. The number of aryl methyl sites for hydroxylation is 1. The predicted molar refractivity (Wildman–Crippen MR) is 107 cm³/mol. The first-order chi connectivity index (χ1) is 12.9. The molecule has 0 saturated carbocycles. The van der Waals surface area contributed by atoms with Gasteiger partial charge < -0.3 is 10.2 Å². The Kier molecular flexibility index (Phi) is 4.37. The van der Waals surface area contributed by atoms with Crippen molar-refractivity contribution in [2.75, 3.05) is 29.9 Å². The molecule has 0 atom stereocenters. The van der Waals surface area contributed by atoms with E-state index in [0.717, 1.165) is 53.7 Å². The van der Waals surface area contributed by atoms with Gasteiger partial charge >= 0.3 is 0 Å². The number of nitrogens with zero attached hydrogens (tertiary/aromatic N) is 6. The van der Waals surface area contributed by atoms with Crippen LogP contribution in [0.25, 0.3) is 10.9 Å². The topological polar surface area (TPSA) is 79.7 Å². The molecule has 27 heavy (non-hydrogen) atoms. The molecule has 1 N–H and O–H groups in total. The lowest BCUT2D eigenvalue weighted by atomic mass is 9.92. The Balaban J connectivity index is 1.36. The molecule has 0 aliphatic carbocycles. The number of hydrogen-bond acceptors (Lipinski definition) is 7. The molecular weight excluding hydrogens is 338 g/mol. The van der Waals surface area contributed by atoms with E-state index in [1.165, 1.54) is 0 Å². The monoisotopic (exact) mass is 363 g/mol. The molecule has 4 heterocycles. The maximum atomic E-state index is 4.56. The third kappa shape index (κ3) is 3.67. The summed E-state index contributed by atoms with van der Waals surface area (Å²) in [5.41, 5.74) is 1.92. The molecule has 140 valence electrons. The second kappa shape index (κ2) is 6.72. The van der Waals surface area contributed by atoms with Crippen molar-refractivity contribution in [3.63, 3.8) is 0 Å². The van der Waals surface area contributed by atoms with E-state index >= 15 is 0 Å². The molecular formula is C20H25N7. The zero-order valence-electron chi connectivity index (χ0n) is 16.3. The van der Waals surface area contributed by atoms with Crippen molar-refractivity contribution in [2.45, 2.75) is 33.1 Å². The van der Waals surface area contributed by atoms with Gasteiger partial charge in [-0.1, -0.05) is 20.8 Å². The summed E-state index contributed by atoms with van der Waals surface area (Å²) >= 11 is 0. The Morgan fingerprint density at radius 3 is 2.63 bits per heavy atom. The van der Waals surface area contributed by atoms with Crippen LogP contribution in [0.3, 0.4) is 0 Å². The molecule has 0 aromatic carbocycles. The Hall–Kier alpha value is -2.83. The molecule has 0 bridgehead atoms. The van der Waals surface area contributed by atoms with Crippen LogP contribution in [-0.2, 0) is 5.41 Å². The highest BCUT2D eigenvalue weighted by Crippen LogP contribution is 2.26. The van der Waals surface area contributed by atoms with Crippen LogP contribution in [-0.4, -0.2) is 44.8 Å². The van der Waals surface area contributed by atoms with Crippen LogP contribution in [0, 0.1) is 12.8 Å². The molecule has 0 unspecified atom stereocenters. The van der Waals surface area contributed by atoms with Crippen LogP contribution in [0.4, 0.5) is 11.6 Å². The lowest BCUT2D eigenvalue weighted by Gasteiger charge is -2.40. The van der Waals surface area contributed by atoms with E-state index in [9.17, 15) is 0 Å². The fourth-order valence-electron chi connectivity index (χ4n) is 3.25. The number of nitrogens with one attached hydrogen (secondary N) is 1. The van der Waals surface area contributed by atoms with Gasteiger partial charge in [0.1, 0.15) is 11.6 Å². The lowest BCUT2D eigenvalue weighted by molar-refractivity contribution is 0.424. The second-order valence-electron chi connectivity index (χ2n) is 8.19. The summed E-state index contributed by atoms with van der Waals surface area (Å²) in [4.78, 5) is 15.4. The Morgan fingerprint density at radius 2 is 1.93 bits per heavy atom. The highest BCUT2D eigenvalue weighted by Gasteiger charge is 2.28. The van der Waals surface area contributed by atoms with Crippen molar-refractivity contribution in [1.29, 1.82) is 0 Å². The first-order valence-electron chi connectivity index (χ1n) is 9.31. The third-order valence-electron chi connectivity index (χ3n) is 4.87. The first-order valence-corrected chi connectivity index (χ1v) is 9.31. The molecule has 7 nitrogen and oxygen atoms in total. The van der Waals surface area contributed by atoms with Crippen LogP contribution < -0.4 is 10.2 Å². The molecule has 1 saturated heterocycles. The quantitative estimate of drug-likeness (QED) is 0.763. The minimum absolute atomic E-state index is 0.0287. The van der Waals surface area contributed by atoms with Crippen molar-refractivity contribution < 1.29 is 0 Å². The van der Waals surface area contributed by atoms with Crippen LogP contribution in [0.2, 0.25) is 0 Å². The summed E-state index contributed by atoms with van der Waals surface area (Å²) in [6.07, 6.45) is 3.55. The normalized spacial score (nSPS) is 15.0. The zero-order chi connectivity index (χ0) is 19.0. The van der Waals surface area contributed by atoms with E-state index in [1.807, 2.05) is 13.0 Å². The summed E-state index contributed by atoms with van der Waals surface area (Å²) in [6.45, 7) is 11.2. The molecule has 1 aliphatic rings. The summed E-state index contributed by atoms with van der Waals surface area (Å²) in [7, 11) is 0. The highest BCUT2D eigenvalue weighted by molar-refractivity contribution is 5.88. The molecule has 1 fully saturated rings.